The average Bonchev–Trinajstić information content (AvgIpc) is 2.36. The molecule has 88 valence electrons. The molecule has 0 amide bonds. The molecule has 1 aromatic rings. The number of carbonyl (C=O) groups excluding carboxylic acids is 2. The quantitative estimate of drug-likeness (QED) is 0.556. The fourth-order valence-electron chi connectivity index (χ4n) is 1.36. The second kappa shape index (κ2) is 6.48. The summed E-state index contributed by atoms with van der Waals surface area (Å²) < 4.78 is 0. The number of rotatable bonds is 7. The monoisotopic (exact) mass is 230 g/mol. The van der Waals surface area contributed by atoms with Crippen LogP contribution < -0.4 is 0 Å². The van der Waals surface area contributed by atoms with Gasteiger partial charge in [0.2, 0.25) is 5.78 Å². The van der Waals surface area contributed by atoms with Gasteiger partial charge < -0.3 is 10.8 Å². The van der Waals surface area contributed by atoms with Crippen LogP contribution in [0.25, 0.3) is 0 Å². The lowest BCUT2D eigenvalue weighted by Crippen LogP contribution is -2.14. The molecule has 0 unspecified atom stereocenters. The molecule has 0 aromatic heterocycles. The number of carbonyl (C=O) groups is 2. The van der Waals surface area contributed by atoms with Gasteiger partial charge in [0, 0.05) is 24.6 Å². The topological polar surface area (TPSA) is 81.8 Å². The number of hydrogen-bond acceptors (Lipinski definition) is 4. The van der Waals surface area contributed by atoms with Crippen molar-refractivity contribution in [3.8, 4) is 0 Å². The zero-order chi connectivity index (χ0) is 12.7. The summed E-state index contributed by atoms with van der Waals surface area (Å²) in [7, 11) is 0. The Morgan fingerprint density at radius 1 is 1.12 bits per heavy atom. The highest BCUT2D eigenvalue weighted by molar-refractivity contribution is 6.45. The first-order chi connectivity index (χ1) is 8.15. The molecule has 1 aromatic carbocycles. The molecule has 0 aliphatic rings. The van der Waals surface area contributed by atoms with E-state index < -0.39 is 0 Å². The molecule has 0 heterocycles. The molecule has 0 saturated carbocycles. The summed E-state index contributed by atoms with van der Waals surface area (Å²) in [5, 5.41) is 14.4. The van der Waals surface area contributed by atoms with Crippen molar-refractivity contribution in [3.63, 3.8) is 0 Å². The standard InChI is InChI=1S/C13H14N2O2/c14-9-8-11(16)6-7-12(15)13(17)10-4-2-1-3-5-10/h1-5,9,14-15H,6-8H2. The Hall–Kier alpha value is -2.10. The average molecular weight is 230 g/mol. The molecule has 0 aliphatic heterocycles. The van der Waals surface area contributed by atoms with Gasteiger partial charge >= 0.3 is 0 Å². The van der Waals surface area contributed by atoms with E-state index in [0.29, 0.717) is 5.56 Å². The highest BCUT2D eigenvalue weighted by Crippen LogP contribution is 2.05. The molecule has 0 aliphatic carbocycles. The minimum Gasteiger partial charge on any atom is -0.313 e. The molecule has 1 rings (SSSR count). The summed E-state index contributed by atoms with van der Waals surface area (Å²) in [4.78, 5) is 22.9. The maximum absolute atomic E-state index is 11.7. The van der Waals surface area contributed by atoms with Crippen LogP contribution in [-0.2, 0) is 4.79 Å². The summed E-state index contributed by atoms with van der Waals surface area (Å²) in [6.45, 7) is 0. The summed E-state index contributed by atoms with van der Waals surface area (Å²) >= 11 is 0. The second-order valence-corrected chi connectivity index (χ2v) is 3.62. The number of Topliss-reactive ketones (excluding diaryl/α,β-unsaturated/α-hetero) is 2. The van der Waals surface area contributed by atoms with Gasteiger partial charge in [-0.1, -0.05) is 30.3 Å². The number of nitrogens with one attached hydrogen (secondary N) is 2. The van der Waals surface area contributed by atoms with Crippen molar-refractivity contribution in [1.82, 2.24) is 0 Å². The molecule has 0 radical (unpaired) electrons. The molecule has 0 spiro atoms. The van der Waals surface area contributed by atoms with Crippen LogP contribution in [0.2, 0.25) is 0 Å². The van der Waals surface area contributed by atoms with Crippen molar-refractivity contribution in [2.24, 2.45) is 0 Å². The molecule has 0 fully saturated rings. The highest BCUT2D eigenvalue weighted by atomic mass is 16.1. The third kappa shape index (κ3) is 4.10. The lowest BCUT2D eigenvalue weighted by molar-refractivity contribution is -0.117. The second-order valence-electron chi connectivity index (χ2n) is 3.62. The fraction of sp³-hybridized carbons (Fsp3) is 0.231. The van der Waals surface area contributed by atoms with E-state index in [4.69, 9.17) is 10.8 Å². The van der Waals surface area contributed by atoms with E-state index >= 15 is 0 Å². The van der Waals surface area contributed by atoms with Crippen LogP contribution in [-0.4, -0.2) is 23.5 Å². The zero-order valence-electron chi connectivity index (χ0n) is 9.40. The van der Waals surface area contributed by atoms with Crippen LogP contribution in [0, 0.1) is 10.8 Å². The lowest BCUT2D eigenvalue weighted by atomic mass is 10.0. The van der Waals surface area contributed by atoms with E-state index in [1.807, 2.05) is 0 Å². The predicted octanol–water partition coefficient (Wildman–Crippen LogP) is 2.28. The van der Waals surface area contributed by atoms with Gasteiger partial charge in [-0.05, 0) is 6.42 Å². The predicted molar refractivity (Wildman–Crippen MR) is 66.1 cm³/mol. The molecule has 0 saturated heterocycles. The van der Waals surface area contributed by atoms with Crippen molar-refractivity contribution >= 4 is 23.5 Å². The van der Waals surface area contributed by atoms with E-state index in [2.05, 4.69) is 0 Å². The molecule has 4 heteroatoms. The Bertz CT molecular complexity index is 438. The zero-order valence-corrected chi connectivity index (χ0v) is 9.40. The van der Waals surface area contributed by atoms with Gasteiger partial charge in [-0.25, -0.2) is 0 Å². The molecule has 0 bridgehead atoms. The van der Waals surface area contributed by atoms with E-state index in [0.717, 1.165) is 6.21 Å². The van der Waals surface area contributed by atoms with Gasteiger partial charge in [-0.3, -0.25) is 9.59 Å². The van der Waals surface area contributed by atoms with Gasteiger partial charge in [-0.15, -0.1) is 0 Å². The van der Waals surface area contributed by atoms with Crippen LogP contribution in [0.5, 0.6) is 0 Å². The van der Waals surface area contributed by atoms with Crippen LogP contribution >= 0.6 is 0 Å². The normalized spacial score (nSPS) is 9.65. The van der Waals surface area contributed by atoms with Gasteiger partial charge in [0.25, 0.3) is 0 Å². The number of ketones is 2. The van der Waals surface area contributed by atoms with Crippen LogP contribution in [0.1, 0.15) is 29.6 Å². The SMILES string of the molecule is N=CCC(=O)CCC(=N)C(=O)c1ccccc1. The highest BCUT2D eigenvalue weighted by Gasteiger charge is 2.12. The first-order valence-corrected chi connectivity index (χ1v) is 5.33. The van der Waals surface area contributed by atoms with E-state index in [9.17, 15) is 9.59 Å². The number of hydrogen-bond donors (Lipinski definition) is 2. The Morgan fingerprint density at radius 2 is 1.76 bits per heavy atom. The van der Waals surface area contributed by atoms with Crippen molar-refractivity contribution in [1.29, 1.82) is 10.8 Å². The fourth-order valence-corrected chi connectivity index (χ4v) is 1.36. The molecular formula is C13H14N2O2. The summed E-state index contributed by atoms with van der Waals surface area (Å²) in [6, 6.07) is 8.57. The Balaban J connectivity index is 2.51. The summed E-state index contributed by atoms with van der Waals surface area (Å²) in [5.74, 6) is -0.459. The first-order valence-electron chi connectivity index (χ1n) is 5.33. The van der Waals surface area contributed by atoms with Crippen molar-refractivity contribution < 1.29 is 9.59 Å². The van der Waals surface area contributed by atoms with Gasteiger partial charge in [0.1, 0.15) is 5.78 Å². The van der Waals surface area contributed by atoms with E-state index in [1.54, 1.807) is 30.3 Å². The largest absolute Gasteiger partial charge is 0.313 e. The summed E-state index contributed by atoms with van der Waals surface area (Å²) in [5.41, 5.74) is 0.409. The third-order valence-electron chi connectivity index (χ3n) is 2.29. The van der Waals surface area contributed by atoms with Gasteiger partial charge in [0.15, 0.2) is 0 Å². The third-order valence-corrected chi connectivity index (χ3v) is 2.29. The number of benzene rings is 1. The van der Waals surface area contributed by atoms with Crippen molar-refractivity contribution in [2.45, 2.75) is 19.3 Å². The Labute approximate surface area is 99.7 Å². The lowest BCUT2D eigenvalue weighted by Gasteiger charge is -2.02. The molecular weight excluding hydrogens is 216 g/mol. The maximum Gasteiger partial charge on any atom is 0.206 e. The van der Waals surface area contributed by atoms with Crippen LogP contribution in [0.15, 0.2) is 30.3 Å². The Kier molecular flexibility index (Phi) is 4.94. The van der Waals surface area contributed by atoms with Gasteiger partial charge in [0.05, 0.1) is 5.71 Å². The molecule has 17 heavy (non-hydrogen) atoms. The van der Waals surface area contributed by atoms with Crippen LogP contribution in [0.3, 0.4) is 0 Å². The maximum atomic E-state index is 11.7. The minimum atomic E-state index is -0.340. The van der Waals surface area contributed by atoms with Gasteiger partial charge in [-0.2, -0.15) is 0 Å². The smallest absolute Gasteiger partial charge is 0.206 e. The Morgan fingerprint density at radius 3 is 2.35 bits per heavy atom. The van der Waals surface area contributed by atoms with E-state index in [-0.39, 0.29) is 36.5 Å². The van der Waals surface area contributed by atoms with Crippen molar-refractivity contribution in [2.75, 3.05) is 0 Å². The minimum absolute atomic E-state index is 0.0606. The summed E-state index contributed by atoms with van der Waals surface area (Å²) in [6.07, 6.45) is 1.39. The first kappa shape index (κ1) is 13.0. The van der Waals surface area contributed by atoms with Crippen LogP contribution in [0.4, 0.5) is 0 Å². The van der Waals surface area contributed by atoms with E-state index in [1.165, 1.54) is 0 Å². The molecule has 0 atom stereocenters. The van der Waals surface area contributed by atoms with Crippen molar-refractivity contribution in [3.05, 3.63) is 35.9 Å². The molecule has 4 nitrogen and oxygen atoms in total. The molecule has 2 N–H and O–H groups in total.